The Morgan fingerprint density at radius 3 is 2.75 bits per heavy atom. The lowest BCUT2D eigenvalue weighted by Crippen LogP contribution is -2.02. The average molecular weight is 245 g/mol. The van der Waals surface area contributed by atoms with E-state index in [1.165, 1.54) is 6.07 Å². The molecule has 1 heterocycles. The summed E-state index contributed by atoms with van der Waals surface area (Å²) in [6.45, 7) is 2.52. The molecular formula is C11H11ClF2N2. The highest BCUT2D eigenvalue weighted by molar-refractivity contribution is 6.17. The first kappa shape index (κ1) is 11.3. The van der Waals surface area contributed by atoms with E-state index in [-0.39, 0.29) is 5.52 Å². The van der Waals surface area contributed by atoms with Crippen molar-refractivity contribution in [3.8, 4) is 0 Å². The van der Waals surface area contributed by atoms with Crippen molar-refractivity contribution in [1.82, 2.24) is 9.55 Å². The van der Waals surface area contributed by atoms with E-state index in [0.29, 0.717) is 30.2 Å². The molecule has 0 amide bonds. The Kier molecular flexibility index (Phi) is 3.10. The number of benzene rings is 1. The number of hydrogen-bond acceptors (Lipinski definition) is 1. The van der Waals surface area contributed by atoms with E-state index >= 15 is 0 Å². The molecule has 0 saturated heterocycles. The van der Waals surface area contributed by atoms with Crippen LogP contribution in [0.15, 0.2) is 12.1 Å². The van der Waals surface area contributed by atoms with E-state index in [9.17, 15) is 8.78 Å². The van der Waals surface area contributed by atoms with Gasteiger partial charge in [-0.1, -0.05) is 0 Å². The second-order valence-electron chi connectivity index (χ2n) is 3.47. The van der Waals surface area contributed by atoms with Crippen molar-refractivity contribution in [3.63, 3.8) is 0 Å². The van der Waals surface area contributed by atoms with E-state index < -0.39 is 11.6 Å². The second-order valence-corrected chi connectivity index (χ2v) is 3.84. The van der Waals surface area contributed by atoms with Gasteiger partial charge in [0.05, 0.1) is 5.52 Å². The smallest absolute Gasteiger partial charge is 0.153 e. The zero-order valence-corrected chi connectivity index (χ0v) is 9.56. The van der Waals surface area contributed by atoms with E-state index in [0.717, 1.165) is 6.07 Å². The molecular weight excluding hydrogens is 234 g/mol. The lowest BCUT2D eigenvalue weighted by atomic mass is 10.3. The number of rotatable bonds is 3. The topological polar surface area (TPSA) is 17.8 Å². The molecule has 0 aliphatic carbocycles. The second kappa shape index (κ2) is 4.37. The van der Waals surface area contributed by atoms with Crippen LogP contribution in [0.5, 0.6) is 0 Å². The first-order valence-electron chi connectivity index (χ1n) is 5.07. The fraction of sp³-hybridized carbons (Fsp3) is 0.364. The lowest BCUT2D eigenvalue weighted by Gasteiger charge is -2.03. The minimum Gasteiger partial charge on any atom is -0.328 e. The molecule has 0 bridgehead atoms. The van der Waals surface area contributed by atoms with E-state index in [2.05, 4.69) is 4.98 Å². The molecule has 2 aromatic rings. The van der Waals surface area contributed by atoms with Crippen LogP contribution in [-0.4, -0.2) is 15.4 Å². The van der Waals surface area contributed by atoms with Gasteiger partial charge in [0.15, 0.2) is 5.82 Å². The Balaban J connectivity index is 2.71. The van der Waals surface area contributed by atoms with Crippen molar-refractivity contribution < 1.29 is 8.78 Å². The normalized spacial score (nSPS) is 11.2. The van der Waals surface area contributed by atoms with Gasteiger partial charge in [-0.15, -0.1) is 11.6 Å². The molecule has 1 aromatic heterocycles. The molecule has 0 radical (unpaired) electrons. The van der Waals surface area contributed by atoms with Crippen molar-refractivity contribution in [2.24, 2.45) is 0 Å². The lowest BCUT2D eigenvalue weighted by molar-refractivity contribution is 0.590. The molecule has 0 unspecified atom stereocenters. The molecule has 0 atom stereocenters. The molecule has 0 aliphatic rings. The Morgan fingerprint density at radius 2 is 2.12 bits per heavy atom. The number of nitrogens with zero attached hydrogens (tertiary/aromatic N) is 2. The predicted octanol–water partition coefficient (Wildman–Crippen LogP) is 3.12. The Hall–Kier alpha value is -1.16. The number of aromatic nitrogens is 2. The van der Waals surface area contributed by atoms with E-state index in [1.54, 1.807) is 4.57 Å². The zero-order chi connectivity index (χ0) is 11.7. The molecule has 5 heteroatoms. The van der Waals surface area contributed by atoms with Gasteiger partial charge < -0.3 is 4.57 Å². The first-order chi connectivity index (χ1) is 7.67. The maximum atomic E-state index is 13.5. The third kappa shape index (κ3) is 1.78. The molecule has 2 rings (SSSR count). The molecule has 0 aliphatic heterocycles. The van der Waals surface area contributed by atoms with Crippen LogP contribution in [0, 0.1) is 11.6 Å². The Morgan fingerprint density at radius 1 is 1.38 bits per heavy atom. The van der Waals surface area contributed by atoms with Gasteiger partial charge in [-0.25, -0.2) is 13.8 Å². The van der Waals surface area contributed by atoms with Gasteiger partial charge in [0.1, 0.15) is 17.2 Å². The standard InChI is InChI=1S/C11H11ClF2N2/c1-2-16-9-6-7(13)5-8(14)11(9)15-10(16)3-4-12/h5-6H,2-4H2,1H3. The van der Waals surface area contributed by atoms with Crippen LogP contribution in [0.1, 0.15) is 12.7 Å². The third-order valence-electron chi connectivity index (χ3n) is 2.49. The molecule has 1 aromatic carbocycles. The summed E-state index contributed by atoms with van der Waals surface area (Å²) in [6.07, 6.45) is 0.547. The summed E-state index contributed by atoms with van der Waals surface area (Å²) in [5.41, 5.74) is 0.698. The van der Waals surface area contributed by atoms with E-state index in [4.69, 9.17) is 11.6 Å². The van der Waals surface area contributed by atoms with Crippen LogP contribution in [-0.2, 0) is 13.0 Å². The maximum Gasteiger partial charge on any atom is 0.153 e. The Bertz CT molecular complexity index is 522. The van der Waals surface area contributed by atoms with Crippen molar-refractivity contribution in [2.75, 3.05) is 5.88 Å². The van der Waals surface area contributed by atoms with E-state index in [1.807, 2.05) is 6.92 Å². The highest BCUT2D eigenvalue weighted by Gasteiger charge is 2.13. The van der Waals surface area contributed by atoms with Crippen LogP contribution < -0.4 is 0 Å². The van der Waals surface area contributed by atoms with Crippen molar-refractivity contribution >= 4 is 22.6 Å². The van der Waals surface area contributed by atoms with Gasteiger partial charge in [0.25, 0.3) is 0 Å². The first-order valence-corrected chi connectivity index (χ1v) is 5.61. The molecule has 16 heavy (non-hydrogen) atoms. The molecule has 86 valence electrons. The zero-order valence-electron chi connectivity index (χ0n) is 8.80. The summed E-state index contributed by atoms with van der Waals surface area (Å²) in [5, 5.41) is 0. The van der Waals surface area contributed by atoms with Crippen molar-refractivity contribution in [2.45, 2.75) is 19.9 Å². The SMILES string of the molecule is CCn1c(CCCl)nc2c(F)cc(F)cc21. The quantitative estimate of drug-likeness (QED) is 0.759. The monoisotopic (exact) mass is 244 g/mol. The van der Waals surface area contributed by atoms with Gasteiger partial charge >= 0.3 is 0 Å². The summed E-state index contributed by atoms with van der Waals surface area (Å²) in [6, 6.07) is 2.15. The number of imidazole rings is 1. The molecule has 2 nitrogen and oxygen atoms in total. The highest BCUT2D eigenvalue weighted by Crippen LogP contribution is 2.21. The minimum atomic E-state index is -0.627. The summed E-state index contributed by atoms with van der Waals surface area (Å²) in [5.74, 6) is -0.111. The number of fused-ring (bicyclic) bond motifs is 1. The fourth-order valence-corrected chi connectivity index (χ4v) is 1.99. The van der Waals surface area contributed by atoms with Gasteiger partial charge in [0, 0.05) is 24.9 Å². The molecule has 0 saturated carbocycles. The highest BCUT2D eigenvalue weighted by atomic mass is 35.5. The van der Waals surface area contributed by atoms with Crippen molar-refractivity contribution in [1.29, 1.82) is 0 Å². The molecule has 0 N–H and O–H groups in total. The van der Waals surface area contributed by atoms with Crippen LogP contribution >= 0.6 is 11.6 Å². The number of hydrogen-bond donors (Lipinski definition) is 0. The molecule has 0 fully saturated rings. The summed E-state index contributed by atoms with van der Waals surface area (Å²) >= 11 is 5.64. The Labute approximate surface area is 96.8 Å². The largest absolute Gasteiger partial charge is 0.328 e. The van der Waals surface area contributed by atoms with Gasteiger partial charge in [-0.2, -0.15) is 0 Å². The third-order valence-corrected chi connectivity index (χ3v) is 2.67. The predicted molar refractivity (Wildman–Crippen MR) is 59.7 cm³/mol. The molecule has 0 spiro atoms. The summed E-state index contributed by atoms with van der Waals surface area (Å²) < 4.78 is 28.4. The summed E-state index contributed by atoms with van der Waals surface area (Å²) in [7, 11) is 0. The minimum absolute atomic E-state index is 0.211. The summed E-state index contributed by atoms with van der Waals surface area (Å²) in [4.78, 5) is 4.15. The number of aryl methyl sites for hydroxylation is 2. The van der Waals surface area contributed by atoms with Crippen molar-refractivity contribution in [3.05, 3.63) is 29.6 Å². The fourth-order valence-electron chi connectivity index (χ4n) is 1.83. The van der Waals surface area contributed by atoms with Crippen LogP contribution in [0.4, 0.5) is 8.78 Å². The maximum absolute atomic E-state index is 13.5. The van der Waals surface area contributed by atoms with Crippen LogP contribution in [0.2, 0.25) is 0 Å². The number of alkyl halides is 1. The van der Waals surface area contributed by atoms with Crippen LogP contribution in [0.25, 0.3) is 11.0 Å². The van der Waals surface area contributed by atoms with Crippen LogP contribution in [0.3, 0.4) is 0 Å². The van der Waals surface area contributed by atoms with Gasteiger partial charge in [0.2, 0.25) is 0 Å². The number of halogens is 3. The van der Waals surface area contributed by atoms with Gasteiger partial charge in [-0.3, -0.25) is 0 Å². The van der Waals surface area contributed by atoms with Gasteiger partial charge in [-0.05, 0) is 13.0 Å². The average Bonchev–Trinajstić information content (AvgIpc) is 2.56.